The van der Waals surface area contributed by atoms with Gasteiger partial charge in [-0.1, -0.05) is 12.1 Å². The lowest BCUT2D eigenvalue weighted by Gasteiger charge is -2.35. The zero-order valence-electron chi connectivity index (χ0n) is 17.7. The second-order valence-electron chi connectivity index (χ2n) is 8.06. The van der Waals surface area contributed by atoms with Crippen LogP contribution < -0.4 is 5.69 Å². The molecule has 1 aromatic heterocycles. The molecule has 1 saturated heterocycles. The number of hydrogen-bond donors (Lipinski definition) is 2. The smallest absolute Gasteiger partial charge is 0.345 e. The van der Waals surface area contributed by atoms with Gasteiger partial charge in [-0.3, -0.25) is 4.79 Å². The standard InChI is InChI=1S/C24H26N4O3/c1-27-12-10-19(11-13-27)28(2)23(30)18-5-3-4-17(14-18)22-15-21(25-24(31)26-22)16-6-8-20(29)9-7-16/h3-9,14-15,19,29H,10-13H2,1-2H3,(H,25,26,31). The number of phenols is 1. The van der Waals surface area contributed by atoms with Gasteiger partial charge in [-0.05, 0) is 81.0 Å². The van der Waals surface area contributed by atoms with Crippen molar-refractivity contribution in [3.63, 3.8) is 0 Å². The molecule has 1 fully saturated rings. The molecule has 0 spiro atoms. The second kappa shape index (κ2) is 8.73. The summed E-state index contributed by atoms with van der Waals surface area (Å²) >= 11 is 0. The molecule has 7 heteroatoms. The van der Waals surface area contributed by atoms with E-state index in [4.69, 9.17) is 0 Å². The van der Waals surface area contributed by atoms with Crippen LogP contribution in [0.15, 0.2) is 59.4 Å². The Morgan fingerprint density at radius 2 is 1.81 bits per heavy atom. The lowest BCUT2D eigenvalue weighted by atomic mass is 10.0. The van der Waals surface area contributed by atoms with Crippen LogP contribution in [0.2, 0.25) is 0 Å². The summed E-state index contributed by atoms with van der Waals surface area (Å²) in [6, 6.07) is 15.8. The SMILES string of the molecule is CN1CCC(N(C)C(=O)c2cccc(-c3cc(-c4ccc(O)cc4)[nH]c(=O)n3)c2)CC1. The minimum atomic E-state index is -0.472. The van der Waals surface area contributed by atoms with Crippen LogP contribution in [0.4, 0.5) is 0 Å². The Labute approximate surface area is 181 Å². The average Bonchev–Trinajstić information content (AvgIpc) is 2.79. The van der Waals surface area contributed by atoms with E-state index in [2.05, 4.69) is 21.9 Å². The molecule has 2 aromatic carbocycles. The molecule has 0 atom stereocenters. The summed E-state index contributed by atoms with van der Waals surface area (Å²) in [5, 5.41) is 9.50. The predicted octanol–water partition coefficient (Wildman–Crippen LogP) is 2.98. The van der Waals surface area contributed by atoms with Crippen LogP contribution in [0.1, 0.15) is 23.2 Å². The van der Waals surface area contributed by atoms with Gasteiger partial charge in [-0.25, -0.2) is 4.79 Å². The summed E-state index contributed by atoms with van der Waals surface area (Å²) < 4.78 is 0. The van der Waals surface area contributed by atoms with Crippen molar-refractivity contribution in [3.05, 3.63) is 70.6 Å². The zero-order valence-corrected chi connectivity index (χ0v) is 17.7. The van der Waals surface area contributed by atoms with Gasteiger partial charge in [0.05, 0.1) is 11.4 Å². The van der Waals surface area contributed by atoms with Crippen LogP contribution in [-0.4, -0.2) is 64.0 Å². The molecular weight excluding hydrogens is 392 g/mol. The Morgan fingerprint density at radius 1 is 1.10 bits per heavy atom. The minimum absolute atomic E-state index is 0.0278. The topological polar surface area (TPSA) is 89.5 Å². The third-order valence-corrected chi connectivity index (χ3v) is 5.88. The third kappa shape index (κ3) is 4.67. The molecule has 7 nitrogen and oxygen atoms in total. The number of H-pyrrole nitrogens is 1. The van der Waals surface area contributed by atoms with Crippen molar-refractivity contribution in [2.24, 2.45) is 0 Å². The first-order valence-corrected chi connectivity index (χ1v) is 10.4. The molecule has 0 aliphatic carbocycles. The van der Waals surface area contributed by atoms with Crippen molar-refractivity contribution in [1.29, 1.82) is 0 Å². The summed E-state index contributed by atoms with van der Waals surface area (Å²) in [5.41, 5.74) is 2.65. The largest absolute Gasteiger partial charge is 0.508 e. The van der Waals surface area contributed by atoms with Gasteiger partial charge in [0.1, 0.15) is 5.75 Å². The third-order valence-electron chi connectivity index (χ3n) is 5.88. The van der Waals surface area contributed by atoms with Gasteiger partial charge in [0, 0.05) is 24.2 Å². The molecule has 3 aromatic rings. The number of hydrogen-bond acceptors (Lipinski definition) is 5. The first kappa shape index (κ1) is 20.8. The van der Waals surface area contributed by atoms with E-state index in [1.807, 2.05) is 24.1 Å². The number of rotatable bonds is 4. The number of carbonyl (C=O) groups excluding carboxylic acids is 1. The van der Waals surface area contributed by atoms with Crippen LogP contribution in [0.5, 0.6) is 5.75 Å². The van der Waals surface area contributed by atoms with Crippen molar-refractivity contribution in [2.75, 3.05) is 27.2 Å². The summed E-state index contributed by atoms with van der Waals surface area (Å²) in [6.45, 7) is 1.97. The minimum Gasteiger partial charge on any atom is -0.508 e. The number of benzene rings is 2. The van der Waals surface area contributed by atoms with Gasteiger partial charge in [0.2, 0.25) is 0 Å². The summed E-state index contributed by atoms with van der Waals surface area (Å²) in [5.74, 6) is 0.125. The van der Waals surface area contributed by atoms with Crippen LogP contribution in [0, 0.1) is 0 Å². The van der Waals surface area contributed by atoms with E-state index in [0.29, 0.717) is 22.5 Å². The van der Waals surface area contributed by atoms with Gasteiger partial charge in [-0.15, -0.1) is 0 Å². The summed E-state index contributed by atoms with van der Waals surface area (Å²) in [6.07, 6.45) is 1.92. The van der Waals surface area contributed by atoms with Gasteiger partial charge >= 0.3 is 5.69 Å². The highest BCUT2D eigenvalue weighted by molar-refractivity contribution is 5.95. The number of amides is 1. The quantitative estimate of drug-likeness (QED) is 0.680. The monoisotopic (exact) mass is 418 g/mol. The first-order valence-electron chi connectivity index (χ1n) is 10.4. The molecule has 0 saturated carbocycles. The Kier molecular flexibility index (Phi) is 5.86. The fourth-order valence-electron chi connectivity index (χ4n) is 3.97. The number of phenolic OH excluding ortho intramolecular Hbond substituents is 1. The molecule has 2 N–H and O–H groups in total. The Balaban J connectivity index is 1.61. The van der Waals surface area contributed by atoms with Crippen LogP contribution in [0.25, 0.3) is 22.5 Å². The van der Waals surface area contributed by atoms with Gasteiger partial charge in [0.25, 0.3) is 5.91 Å². The molecule has 0 radical (unpaired) electrons. The van der Waals surface area contributed by atoms with E-state index < -0.39 is 5.69 Å². The summed E-state index contributed by atoms with van der Waals surface area (Å²) in [4.78, 5) is 36.2. The Bertz CT molecular complexity index is 1130. The van der Waals surface area contributed by atoms with Crippen molar-refractivity contribution < 1.29 is 9.90 Å². The van der Waals surface area contributed by atoms with E-state index in [0.717, 1.165) is 31.5 Å². The highest BCUT2D eigenvalue weighted by atomic mass is 16.3. The average molecular weight is 418 g/mol. The van der Waals surface area contributed by atoms with E-state index >= 15 is 0 Å². The number of piperidine rings is 1. The lowest BCUT2D eigenvalue weighted by molar-refractivity contribution is 0.0659. The molecule has 31 heavy (non-hydrogen) atoms. The molecule has 0 bridgehead atoms. The van der Waals surface area contributed by atoms with Gasteiger partial charge in [-0.2, -0.15) is 4.98 Å². The highest BCUT2D eigenvalue weighted by Crippen LogP contribution is 2.25. The number of nitrogens with zero attached hydrogens (tertiary/aromatic N) is 3. The molecule has 1 aliphatic heterocycles. The van der Waals surface area contributed by atoms with Crippen molar-refractivity contribution in [3.8, 4) is 28.3 Å². The Hall–Kier alpha value is -3.45. The number of likely N-dealkylation sites (tertiary alicyclic amines) is 1. The normalized spacial score (nSPS) is 15.0. The van der Waals surface area contributed by atoms with E-state index in [9.17, 15) is 14.7 Å². The van der Waals surface area contributed by atoms with E-state index in [-0.39, 0.29) is 17.7 Å². The number of carbonyl (C=O) groups is 1. The lowest BCUT2D eigenvalue weighted by Crippen LogP contribution is -2.44. The fraction of sp³-hybridized carbons (Fsp3) is 0.292. The van der Waals surface area contributed by atoms with Gasteiger partial charge < -0.3 is 19.9 Å². The summed E-state index contributed by atoms with van der Waals surface area (Å²) in [7, 11) is 3.96. The van der Waals surface area contributed by atoms with Gasteiger partial charge in [0.15, 0.2) is 0 Å². The van der Waals surface area contributed by atoms with Crippen molar-refractivity contribution in [2.45, 2.75) is 18.9 Å². The molecule has 160 valence electrons. The molecule has 2 heterocycles. The van der Waals surface area contributed by atoms with E-state index in [1.54, 1.807) is 42.5 Å². The fourth-order valence-corrected chi connectivity index (χ4v) is 3.97. The molecule has 1 aliphatic rings. The number of nitrogens with one attached hydrogen (secondary N) is 1. The highest BCUT2D eigenvalue weighted by Gasteiger charge is 2.25. The molecule has 1 amide bonds. The number of aromatic nitrogens is 2. The molecule has 0 unspecified atom stereocenters. The van der Waals surface area contributed by atoms with Crippen molar-refractivity contribution >= 4 is 5.91 Å². The predicted molar refractivity (Wildman–Crippen MR) is 120 cm³/mol. The zero-order chi connectivity index (χ0) is 22.0. The maximum absolute atomic E-state index is 13.1. The van der Waals surface area contributed by atoms with Crippen molar-refractivity contribution in [1.82, 2.24) is 19.8 Å². The molecule has 4 rings (SSSR count). The van der Waals surface area contributed by atoms with Crippen LogP contribution in [0.3, 0.4) is 0 Å². The van der Waals surface area contributed by atoms with E-state index in [1.165, 1.54) is 0 Å². The first-order chi connectivity index (χ1) is 14.9. The maximum atomic E-state index is 13.1. The molecular formula is C24H26N4O3. The second-order valence-corrected chi connectivity index (χ2v) is 8.06. The number of aromatic amines is 1. The van der Waals surface area contributed by atoms with Crippen LogP contribution in [-0.2, 0) is 0 Å². The maximum Gasteiger partial charge on any atom is 0.345 e. The van der Waals surface area contributed by atoms with Crippen LogP contribution >= 0.6 is 0 Å². The Morgan fingerprint density at radius 3 is 2.52 bits per heavy atom. The number of aromatic hydroxyl groups is 1.